The number of carbonyl (C=O) groups excluding carboxylic acids is 1. The number of hydrogen-bond donors (Lipinski definition) is 0. The van der Waals surface area contributed by atoms with Crippen molar-refractivity contribution in [2.75, 3.05) is 6.61 Å². The first-order valence-electron chi connectivity index (χ1n) is 6.72. The molecule has 2 aromatic rings. The second kappa shape index (κ2) is 6.85. The van der Waals surface area contributed by atoms with Crippen molar-refractivity contribution < 1.29 is 13.9 Å². The zero-order valence-corrected chi connectivity index (χ0v) is 11.4. The minimum Gasteiger partial charge on any atom is -0.494 e. The fraction of sp³-hybridized carbons (Fsp3) is 0.235. The molecule has 0 N–H and O–H groups in total. The van der Waals surface area contributed by atoms with Crippen molar-refractivity contribution >= 4 is 6.29 Å². The van der Waals surface area contributed by atoms with Gasteiger partial charge in [0.1, 0.15) is 11.6 Å². The van der Waals surface area contributed by atoms with E-state index in [1.807, 2.05) is 24.3 Å². The molecule has 0 saturated heterocycles. The third-order valence-corrected chi connectivity index (χ3v) is 3.06. The first-order valence-corrected chi connectivity index (χ1v) is 6.72. The van der Waals surface area contributed by atoms with Gasteiger partial charge in [0.15, 0.2) is 6.29 Å². The summed E-state index contributed by atoms with van der Waals surface area (Å²) in [5.74, 6) is 0.269. The Labute approximate surface area is 118 Å². The van der Waals surface area contributed by atoms with Crippen LogP contribution in [0.15, 0.2) is 42.5 Å². The van der Waals surface area contributed by atoms with E-state index >= 15 is 0 Å². The number of rotatable bonds is 6. The smallest absolute Gasteiger partial charge is 0.152 e. The lowest BCUT2D eigenvalue weighted by Crippen LogP contribution is -1.96. The molecule has 0 aromatic heterocycles. The summed E-state index contributed by atoms with van der Waals surface area (Å²) in [5.41, 5.74) is 1.67. The van der Waals surface area contributed by atoms with E-state index in [9.17, 15) is 9.18 Å². The molecule has 0 amide bonds. The van der Waals surface area contributed by atoms with E-state index in [1.54, 1.807) is 6.07 Å². The van der Waals surface area contributed by atoms with Crippen molar-refractivity contribution in [3.63, 3.8) is 0 Å². The highest BCUT2D eigenvalue weighted by atomic mass is 19.1. The van der Waals surface area contributed by atoms with Crippen LogP contribution in [0.1, 0.15) is 30.1 Å². The molecule has 0 atom stereocenters. The number of aldehydes is 1. The van der Waals surface area contributed by atoms with Crippen molar-refractivity contribution in [2.24, 2.45) is 0 Å². The molecular formula is C17H17FO2. The fourth-order valence-corrected chi connectivity index (χ4v) is 1.90. The molecule has 2 aromatic carbocycles. The third-order valence-electron chi connectivity index (χ3n) is 3.06. The van der Waals surface area contributed by atoms with E-state index in [2.05, 4.69) is 6.92 Å². The van der Waals surface area contributed by atoms with Crippen LogP contribution < -0.4 is 4.74 Å². The van der Waals surface area contributed by atoms with Crippen LogP contribution in [0.5, 0.6) is 5.75 Å². The van der Waals surface area contributed by atoms with Crippen molar-refractivity contribution in [1.29, 1.82) is 0 Å². The monoisotopic (exact) mass is 272 g/mol. The van der Waals surface area contributed by atoms with Crippen LogP contribution in [0.3, 0.4) is 0 Å². The van der Waals surface area contributed by atoms with E-state index in [4.69, 9.17) is 4.74 Å². The summed E-state index contributed by atoms with van der Waals surface area (Å²) in [6.45, 7) is 2.79. The number of halogens is 1. The van der Waals surface area contributed by atoms with Crippen LogP contribution in [-0.4, -0.2) is 12.9 Å². The average Bonchev–Trinajstić information content (AvgIpc) is 2.48. The summed E-state index contributed by atoms with van der Waals surface area (Å²) in [4.78, 5) is 10.6. The Morgan fingerprint density at radius 3 is 2.65 bits per heavy atom. The molecule has 0 unspecified atom stereocenters. The summed E-state index contributed by atoms with van der Waals surface area (Å²) >= 11 is 0. The van der Waals surface area contributed by atoms with Crippen LogP contribution in [0.25, 0.3) is 11.1 Å². The molecule has 2 nitrogen and oxygen atoms in total. The van der Waals surface area contributed by atoms with Gasteiger partial charge in [0.25, 0.3) is 0 Å². The number of ether oxygens (including phenoxy) is 1. The summed E-state index contributed by atoms with van der Waals surface area (Å²) in [6.07, 6.45) is 2.61. The van der Waals surface area contributed by atoms with E-state index in [0.717, 1.165) is 29.7 Å². The van der Waals surface area contributed by atoms with Gasteiger partial charge in [-0.2, -0.15) is 0 Å². The topological polar surface area (TPSA) is 26.3 Å². The van der Waals surface area contributed by atoms with Crippen molar-refractivity contribution in [1.82, 2.24) is 0 Å². The minimum absolute atomic E-state index is 0.0732. The Balaban J connectivity index is 2.22. The molecule has 0 bridgehead atoms. The molecule has 0 spiro atoms. The molecule has 3 heteroatoms. The van der Waals surface area contributed by atoms with Gasteiger partial charge in [0.05, 0.1) is 12.2 Å². The van der Waals surface area contributed by atoms with E-state index < -0.39 is 5.82 Å². The van der Waals surface area contributed by atoms with Gasteiger partial charge in [0.2, 0.25) is 0 Å². The SMILES string of the molecule is CCCCOc1cccc(-c2ccc(C=O)c(F)c2)c1. The van der Waals surface area contributed by atoms with Gasteiger partial charge in [-0.15, -0.1) is 0 Å². The van der Waals surface area contributed by atoms with E-state index in [0.29, 0.717) is 12.9 Å². The van der Waals surface area contributed by atoms with Crippen molar-refractivity contribution in [2.45, 2.75) is 19.8 Å². The normalized spacial score (nSPS) is 10.3. The molecule has 0 saturated carbocycles. The lowest BCUT2D eigenvalue weighted by Gasteiger charge is -2.08. The van der Waals surface area contributed by atoms with Crippen LogP contribution in [0.4, 0.5) is 4.39 Å². The molecule has 0 heterocycles. The van der Waals surface area contributed by atoms with Crippen LogP contribution in [0.2, 0.25) is 0 Å². The number of unbranched alkanes of at least 4 members (excludes halogenated alkanes) is 1. The summed E-state index contributed by atoms with van der Waals surface area (Å²) in [7, 11) is 0. The molecule has 0 aliphatic heterocycles. The fourth-order valence-electron chi connectivity index (χ4n) is 1.90. The van der Waals surface area contributed by atoms with Crippen molar-refractivity contribution in [3.8, 4) is 16.9 Å². The van der Waals surface area contributed by atoms with Gasteiger partial charge < -0.3 is 4.74 Å². The quantitative estimate of drug-likeness (QED) is 0.572. The maximum Gasteiger partial charge on any atom is 0.152 e. The van der Waals surface area contributed by atoms with Gasteiger partial charge >= 0.3 is 0 Å². The van der Waals surface area contributed by atoms with Crippen LogP contribution in [0, 0.1) is 5.82 Å². The first-order chi connectivity index (χ1) is 9.74. The predicted octanol–water partition coefficient (Wildman–Crippen LogP) is 4.48. The van der Waals surface area contributed by atoms with Gasteiger partial charge in [-0.05, 0) is 41.8 Å². The molecular weight excluding hydrogens is 255 g/mol. The summed E-state index contributed by atoms with van der Waals surface area (Å²) in [6, 6.07) is 12.1. The molecule has 0 aliphatic rings. The standard InChI is InChI=1S/C17H17FO2/c1-2-3-9-20-16-6-4-5-13(10-16)14-7-8-15(12-19)17(18)11-14/h4-8,10-12H,2-3,9H2,1H3. The Hall–Kier alpha value is -2.16. The molecule has 104 valence electrons. The number of hydrogen-bond acceptors (Lipinski definition) is 2. The second-order valence-electron chi connectivity index (χ2n) is 4.58. The lowest BCUT2D eigenvalue weighted by atomic mass is 10.0. The Kier molecular flexibility index (Phi) is 4.88. The summed E-state index contributed by atoms with van der Waals surface area (Å²) < 4.78 is 19.3. The lowest BCUT2D eigenvalue weighted by molar-refractivity contribution is 0.112. The average molecular weight is 272 g/mol. The zero-order valence-electron chi connectivity index (χ0n) is 11.4. The Morgan fingerprint density at radius 1 is 1.15 bits per heavy atom. The van der Waals surface area contributed by atoms with Gasteiger partial charge in [0, 0.05) is 0 Å². The summed E-state index contributed by atoms with van der Waals surface area (Å²) in [5, 5.41) is 0. The molecule has 0 aliphatic carbocycles. The first kappa shape index (κ1) is 14.3. The van der Waals surface area contributed by atoms with Crippen LogP contribution in [-0.2, 0) is 0 Å². The van der Waals surface area contributed by atoms with Crippen molar-refractivity contribution in [3.05, 3.63) is 53.8 Å². The van der Waals surface area contributed by atoms with Gasteiger partial charge in [-0.1, -0.05) is 31.5 Å². The molecule has 0 fully saturated rings. The second-order valence-corrected chi connectivity index (χ2v) is 4.58. The highest BCUT2D eigenvalue weighted by Crippen LogP contribution is 2.25. The number of carbonyl (C=O) groups is 1. The third kappa shape index (κ3) is 3.44. The van der Waals surface area contributed by atoms with Gasteiger partial charge in [-0.3, -0.25) is 4.79 Å². The van der Waals surface area contributed by atoms with Crippen LogP contribution >= 0.6 is 0 Å². The number of benzene rings is 2. The Morgan fingerprint density at radius 2 is 1.95 bits per heavy atom. The molecule has 0 radical (unpaired) electrons. The Bertz CT molecular complexity index is 593. The predicted molar refractivity (Wildman–Crippen MR) is 77.6 cm³/mol. The van der Waals surface area contributed by atoms with E-state index in [-0.39, 0.29) is 5.56 Å². The minimum atomic E-state index is -0.505. The highest BCUT2D eigenvalue weighted by molar-refractivity contribution is 5.77. The molecule has 2 rings (SSSR count). The molecule has 20 heavy (non-hydrogen) atoms. The zero-order chi connectivity index (χ0) is 14.4. The maximum absolute atomic E-state index is 13.6. The largest absolute Gasteiger partial charge is 0.494 e. The highest BCUT2D eigenvalue weighted by Gasteiger charge is 2.05. The van der Waals surface area contributed by atoms with Gasteiger partial charge in [-0.25, -0.2) is 4.39 Å². The van der Waals surface area contributed by atoms with E-state index in [1.165, 1.54) is 12.1 Å². The maximum atomic E-state index is 13.6.